The highest BCUT2D eigenvalue weighted by molar-refractivity contribution is 7.91. The molecule has 1 aliphatic rings. The second-order valence-electron chi connectivity index (χ2n) is 4.22. The van der Waals surface area contributed by atoms with Crippen molar-refractivity contribution in [2.75, 3.05) is 16.8 Å². The van der Waals surface area contributed by atoms with E-state index in [1.807, 2.05) is 0 Å². The molecule has 0 amide bonds. The van der Waals surface area contributed by atoms with Gasteiger partial charge in [0, 0.05) is 11.1 Å². The standard InChI is InChI=1S/C11H13ClFNO2S/c12-8-3-4-11(10(13)6-8)14-9-2-1-5-17(15,16)7-9/h3-4,6,9,14H,1-2,5,7H2. The molecule has 1 saturated heterocycles. The molecule has 17 heavy (non-hydrogen) atoms. The Hall–Kier alpha value is -0.810. The average molecular weight is 278 g/mol. The van der Waals surface area contributed by atoms with E-state index in [2.05, 4.69) is 5.32 Å². The summed E-state index contributed by atoms with van der Waals surface area (Å²) in [7, 11) is -2.98. The molecular weight excluding hydrogens is 265 g/mol. The van der Waals surface area contributed by atoms with Crippen LogP contribution in [0.25, 0.3) is 0 Å². The van der Waals surface area contributed by atoms with Crippen molar-refractivity contribution in [3.8, 4) is 0 Å². The van der Waals surface area contributed by atoms with Gasteiger partial charge in [-0.15, -0.1) is 0 Å². The second-order valence-corrected chi connectivity index (χ2v) is 6.89. The molecule has 1 heterocycles. The molecule has 0 radical (unpaired) electrons. The molecule has 0 saturated carbocycles. The lowest BCUT2D eigenvalue weighted by Gasteiger charge is -2.24. The van der Waals surface area contributed by atoms with Crippen LogP contribution in [0.5, 0.6) is 0 Å². The average Bonchev–Trinajstić information content (AvgIpc) is 2.21. The number of sulfone groups is 1. The molecule has 1 aromatic carbocycles. The minimum absolute atomic E-state index is 0.0646. The molecule has 1 aliphatic heterocycles. The maximum atomic E-state index is 13.5. The van der Waals surface area contributed by atoms with Gasteiger partial charge in [0.2, 0.25) is 0 Å². The van der Waals surface area contributed by atoms with Crippen molar-refractivity contribution < 1.29 is 12.8 Å². The smallest absolute Gasteiger partial charge is 0.152 e. The third-order valence-corrected chi connectivity index (χ3v) is 4.81. The molecule has 94 valence electrons. The summed E-state index contributed by atoms with van der Waals surface area (Å²) in [5.41, 5.74) is 0.302. The minimum Gasteiger partial charge on any atom is -0.379 e. The Kier molecular flexibility index (Phi) is 3.58. The molecule has 0 aromatic heterocycles. The van der Waals surface area contributed by atoms with Gasteiger partial charge in [0.05, 0.1) is 17.2 Å². The molecule has 3 nitrogen and oxygen atoms in total. The van der Waals surface area contributed by atoms with Crippen molar-refractivity contribution in [2.24, 2.45) is 0 Å². The van der Waals surface area contributed by atoms with E-state index in [-0.39, 0.29) is 17.5 Å². The third-order valence-electron chi connectivity index (χ3n) is 2.75. The third kappa shape index (κ3) is 3.33. The lowest BCUT2D eigenvalue weighted by Crippen LogP contribution is -2.35. The van der Waals surface area contributed by atoms with Crippen molar-refractivity contribution >= 4 is 27.1 Å². The minimum atomic E-state index is -2.98. The quantitative estimate of drug-likeness (QED) is 0.903. The molecule has 1 fully saturated rings. The van der Waals surface area contributed by atoms with Crippen LogP contribution in [0, 0.1) is 5.82 Å². The Morgan fingerprint density at radius 3 is 2.82 bits per heavy atom. The fraction of sp³-hybridized carbons (Fsp3) is 0.455. The SMILES string of the molecule is O=S1(=O)CCCC(Nc2ccc(Cl)cc2F)C1. The van der Waals surface area contributed by atoms with Gasteiger partial charge in [-0.2, -0.15) is 0 Å². The summed E-state index contributed by atoms with van der Waals surface area (Å²) in [6, 6.07) is 4.09. The second kappa shape index (κ2) is 4.82. The van der Waals surface area contributed by atoms with Gasteiger partial charge in [-0.3, -0.25) is 0 Å². The fourth-order valence-corrected chi connectivity index (χ4v) is 3.76. The highest BCUT2D eigenvalue weighted by Crippen LogP contribution is 2.22. The zero-order valence-electron chi connectivity index (χ0n) is 9.12. The van der Waals surface area contributed by atoms with Crippen LogP contribution in [-0.4, -0.2) is 26.0 Å². The summed E-state index contributed by atoms with van der Waals surface area (Å²) in [6.45, 7) is 0. The van der Waals surface area contributed by atoms with Gasteiger partial charge in [-0.05, 0) is 31.0 Å². The number of anilines is 1. The maximum absolute atomic E-state index is 13.5. The van der Waals surface area contributed by atoms with Crippen LogP contribution in [0.3, 0.4) is 0 Å². The lowest BCUT2D eigenvalue weighted by molar-refractivity contribution is 0.559. The zero-order valence-corrected chi connectivity index (χ0v) is 10.7. The van der Waals surface area contributed by atoms with Gasteiger partial charge < -0.3 is 5.32 Å². The van der Waals surface area contributed by atoms with E-state index in [4.69, 9.17) is 11.6 Å². The van der Waals surface area contributed by atoms with E-state index in [1.54, 1.807) is 6.07 Å². The van der Waals surface area contributed by atoms with E-state index >= 15 is 0 Å². The van der Waals surface area contributed by atoms with Crippen molar-refractivity contribution in [3.05, 3.63) is 29.0 Å². The molecule has 1 unspecified atom stereocenters. The first kappa shape index (κ1) is 12.6. The van der Waals surface area contributed by atoms with E-state index in [0.29, 0.717) is 17.1 Å². The molecule has 6 heteroatoms. The topological polar surface area (TPSA) is 46.2 Å². The molecule has 1 N–H and O–H groups in total. The highest BCUT2D eigenvalue weighted by Gasteiger charge is 2.25. The number of benzene rings is 1. The van der Waals surface area contributed by atoms with Gasteiger partial charge in [0.25, 0.3) is 0 Å². The van der Waals surface area contributed by atoms with Gasteiger partial charge in [0.1, 0.15) is 5.82 Å². The number of hydrogen-bond donors (Lipinski definition) is 1. The van der Waals surface area contributed by atoms with Crippen LogP contribution in [0.2, 0.25) is 5.02 Å². The zero-order chi connectivity index (χ0) is 12.5. The Balaban J connectivity index is 2.10. The number of nitrogens with one attached hydrogen (secondary N) is 1. The Morgan fingerprint density at radius 2 is 2.18 bits per heavy atom. The highest BCUT2D eigenvalue weighted by atomic mass is 35.5. The Labute approximate surface area is 105 Å². The largest absolute Gasteiger partial charge is 0.379 e. The molecule has 0 bridgehead atoms. The lowest BCUT2D eigenvalue weighted by atomic mass is 10.1. The van der Waals surface area contributed by atoms with Crippen LogP contribution < -0.4 is 5.32 Å². The van der Waals surface area contributed by atoms with E-state index in [0.717, 1.165) is 6.42 Å². The summed E-state index contributed by atoms with van der Waals surface area (Å²) in [6.07, 6.45) is 1.36. The molecule has 0 aliphatic carbocycles. The van der Waals surface area contributed by atoms with E-state index in [1.165, 1.54) is 12.1 Å². The van der Waals surface area contributed by atoms with Crippen LogP contribution in [0.4, 0.5) is 10.1 Å². The van der Waals surface area contributed by atoms with Crippen molar-refractivity contribution in [3.63, 3.8) is 0 Å². The molecule has 1 aromatic rings. The molecule has 0 spiro atoms. The number of halogens is 2. The Morgan fingerprint density at radius 1 is 1.41 bits per heavy atom. The van der Waals surface area contributed by atoms with Crippen LogP contribution in [0.1, 0.15) is 12.8 Å². The molecule has 2 rings (SSSR count). The van der Waals surface area contributed by atoms with Gasteiger partial charge in [-0.1, -0.05) is 11.6 Å². The molecular formula is C11H13ClFNO2S. The first-order valence-electron chi connectivity index (χ1n) is 5.38. The first-order chi connectivity index (χ1) is 7.96. The summed E-state index contributed by atoms with van der Waals surface area (Å²) >= 11 is 5.64. The van der Waals surface area contributed by atoms with Crippen LogP contribution in [-0.2, 0) is 9.84 Å². The summed E-state index contributed by atoms with van der Waals surface area (Å²) in [4.78, 5) is 0. The monoisotopic (exact) mass is 277 g/mol. The first-order valence-corrected chi connectivity index (χ1v) is 7.58. The summed E-state index contributed by atoms with van der Waals surface area (Å²) in [5, 5.41) is 3.24. The van der Waals surface area contributed by atoms with Gasteiger partial charge in [0.15, 0.2) is 9.84 Å². The number of hydrogen-bond acceptors (Lipinski definition) is 3. The van der Waals surface area contributed by atoms with Crippen molar-refractivity contribution in [2.45, 2.75) is 18.9 Å². The van der Waals surface area contributed by atoms with Crippen molar-refractivity contribution in [1.82, 2.24) is 0 Å². The van der Waals surface area contributed by atoms with E-state index in [9.17, 15) is 12.8 Å². The van der Waals surface area contributed by atoms with Gasteiger partial charge in [-0.25, -0.2) is 12.8 Å². The maximum Gasteiger partial charge on any atom is 0.152 e. The van der Waals surface area contributed by atoms with E-state index < -0.39 is 15.7 Å². The Bertz CT molecular complexity index is 518. The number of rotatable bonds is 2. The van der Waals surface area contributed by atoms with Crippen molar-refractivity contribution in [1.29, 1.82) is 0 Å². The summed E-state index contributed by atoms with van der Waals surface area (Å²) < 4.78 is 36.4. The van der Waals surface area contributed by atoms with Crippen LogP contribution in [0.15, 0.2) is 18.2 Å². The predicted molar refractivity (Wildman–Crippen MR) is 66.7 cm³/mol. The normalized spacial score (nSPS) is 23.3. The fourth-order valence-electron chi connectivity index (χ4n) is 1.96. The van der Waals surface area contributed by atoms with Gasteiger partial charge >= 0.3 is 0 Å². The summed E-state index contributed by atoms with van der Waals surface area (Å²) in [5.74, 6) is -0.163. The predicted octanol–water partition coefficient (Wildman–Crippen LogP) is 2.47. The van der Waals surface area contributed by atoms with Crippen LogP contribution >= 0.6 is 11.6 Å². The molecule has 1 atom stereocenters.